The summed E-state index contributed by atoms with van der Waals surface area (Å²) >= 11 is 1.58. The molecule has 1 aromatic carbocycles. The number of likely N-dealkylation sites (tertiary alicyclic amines) is 1. The van der Waals surface area contributed by atoms with Crippen LogP contribution in [0.25, 0.3) is 10.4 Å². The molecule has 3 amide bonds. The minimum atomic E-state index is -0.936. The van der Waals surface area contributed by atoms with Crippen molar-refractivity contribution in [2.75, 3.05) is 19.8 Å². The fraction of sp³-hybridized carbons (Fsp3) is 0.600. The van der Waals surface area contributed by atoms with E-state index in [9.17, 15) is 19.5 Å². The second-order valence-electron chi connectivity index (χ2n) is 14.0. The highest BCUT2D eigenvalue weighted by atomic mass is 32.1. The highest BCUT2D eigenvalue weighted by Gasteiger charge is 2.44. The minimum absolute atomic E-state index is 0.00432. The molecule has 1 unspecified atom stereocenters. The van der Waals surface area contributed by atoms with Gasteiger partial charge in [-0.2, -0.15) is 0 Å². The summed E-state index contributed by atoms with van der Waals surface area (Å²) in [6, 6.07) is 6.10. The highest BCUT2D eigenvalue weighted by molar-refractivity contribution is 7.13. The largest absolute Gasteiger partial charge is 0.391 e. The number of nitrogens with zero attached hydrogens (tertiary/aromatic N) is 5. The van der Waals surface area contributed by atoms with Crippen LogP contribution in [0.3, 0.4) is 0 Å². The molecule has 0 radical (unpaired) electrons. The van der Waals surface area contributed by atoms with E-state index in [2.05, 4.69) is 25.9 Å². The molecule has 0 bridgehead atoms. The zero-order valence-electron chi connectivity index (χ0n) is 28.9. The van der Waals surface area contributed by atoms with E-state index in [0.29, 0.717) is 13.2 Å². The number of rotatable bonds is 14. The lowest BCUT2D eigenvalue weighted by molar-refractivity contribution is -0.144. The van der Waals surface area contributed by atoms with Crippen molar-refractivity contribution in [2.24, 2.45) is 5.41 Å². The number of benzene rings is 1. The molecule has 13 nitrogen and oxygen atoms in total. The van der Waals surface area contributed by atoms with Crippen LogP contribution < -0.4 is 10.6 Å². The summed E-state index contributed by atoms with van der Waals surface area (Å²) in [6.45, 7) is 8.58. The van der Waals surface area contributed by atoms with Crippen molar-refractivity contribution < 1.29 is 29.0 Å². The average molecular weight is 696 g/mol. The van der Waals surface area contributed by atoms with Crippen molar-refractivity contribution in [2.45, 2.75) is 110 Å². The molecule has 1 aliphatic heterocycles. The molecule has 3 heterocycles. The van der Waals surface area contributed by atoms with Crippen LogP contribution in [0.1, 0.15) is 76.2 Å². The average Bonchev–Trinajstić information content (AvgIpc) is 3.83. The second kappa shape index (κ2) is 16.8. The third-order valence-corrected chi connectivity index (χ3v) is 9.99. The Balaban J connectivity index is 1.09. The summed E-state index contributed by atoms with van der Waals surface area (Å²) in [4.78, 5) is 46.9. The molecule has 5 rings (SSSR count). The van der Waals surface area contributed by atoms with Crippen LogP contribution in [0.15, 0.2) is 36.0 Å². The zero-order chi connectivity index (χ0) is 35.0. The summed E-state index contributed by atoms with van der Waals surface area (Å²) < 4.78 is 13.2. The predicted molar refractivity (Wildman–Crippen MR) is 184 cm³/mol. The number of β-amino-alcohol motifs (C(OH)–C–C–N with tert-alkyl or cyclic N) is 1. The number of amides is 3. The summed E-state index contributed by atoms with van der Waals surface area (Å²) in [5, 5.41) is 24.5. The van der Waals surface area contributed by atoms with Gasteiger partial charge in [-0.3, -0.25) is 14.4 Å². The van der Waals surface area contributed by atoms with Crippen molar-refractivity contribution in [3.05, 3.63) is 52.9 Å². The number of aliphatic hydroxyl groups is 1. The van der Waals surface area contributed by atoms with Gasteiger partial charge in [0.15, 0.2) is 0 Å². The van der Waals surface area contributed by atoms with E-state index >= 15 is 0 Å². The Hall–Kier alpha value is -3.72. The van der Waals surface area contributed by atoms with Crippen molar-refractivity contribution in [3.8, 4) is 10.4 Å². The van der Waals surface area contributed by atoms with Gasteiger partial charge in [-0.1, -0.05) is 69.5 Å². The first kappa shape index (κ1) is 36.6. The van der Waals surface area contributed by atoms with Crippen LogP contribution in [-0.2, 0) is 43.6 Å². The zero-order valence-corrected chi connectivity index (χ0v) is 29.7. The molecule has 49 heavy (non-hydrogen) atoms. The normalized spacial score (nSPS) is 19.2. The van der Waals surface area contributed by atoms with E-state index < -0.39 is 35.4 Å². The van der Waals surface area contributed by atoms with Gasteiger partial charge in [-0.15, -0.1) is 16.4 Å². The lowest BCUT2D eigenvalue weighted by atomic mass is 9.85. The van der Waals surface area contributed by atoms with Gasteiger partial charge in [-0.05, 0) is 36.3 Å². The molecule has 0 spiro atoms. The highest BCUT2D eigenvalue weighted by Crippen LogP contribution is 2.28. The van der Waals surface area contributed by atoms with E-state index in [1.54, 1.807) is 16.0 Å². The van der Waals surface area contributed by atoms with Gasteiger partial charge in [0.25, 0.3) is 0 Å². The van der Waals surface area contributed by atoms with Gasteiger partial charge in [0.2, 0.25) is 17.7 Å². The van der Waals surface area contributed by atoms with Crippen molar-refractivity contribution in [1.29, 1.82) is 0 Å². The first-order chi connectivity index (χ1) is 23.5. The second-order valence-corrected chi connectivity index (χ2v) is 14.9. The van der Waals surface area contributed by atoms with Crippen LogP contribution >= 0.6 is 11.3 Å². The SMILES string of the molecule is Cc1ncsc1-c1ccc(CNC(=O)[C@@H]2C[C@@H](O)CN2C(=O)C(NC(=O)COCCn2cc(COC3CCCCC3)nn2)C(C)(C)C)cc1. The number of nitrogens with one attached hydrogen (secondary N) is 2. The fourth-order valence-electron chi connectivity index (χ4n) is 6.25. The number of hydrogen-bond donors (Lipinski definition) is 3. The Morgan fingerprint density at radius 3 is 2.57 bits per heavy atom. The van der Waals surface area contributed by atoms with Gasteiger partial charge in [0.1, 0.15) is 24.4 Å². The first-order valence-electron chi connectivity index (χ1n) is 17.1. The smallest absolute Gasteiger partial charge is 0.246 e. The maximum absolute atomic E-state index is 13.9. The lowest BCUT2D eigenvalue weighted by Crippen LogP contribution is -2.58. The van der Waals surface area contributed by atoms with Gasteiger partial charge < -0.3 is 30.1 Å². The molecular weight excluding hydrogens is 646 g/mol. The molecule has 1 saturated carbocycles. The van der Waals surface area contributed by atoms with Crippen LogP contribution in [0.5, 0.6) is 0 Å². The number of carbonyl (C=O) groups excluding carboxylic acids is 3. The maximum atomic E-state index is 13.9. The molecule has 3 atom stereocenters. The van der Waals surface area contributed by atoms with Crippen LogP contribution in [-0.4, -0.2) is 91.8 Å². The molecule has 266 valence electrons. The summed E-state index contributed by atoms with van der Waals surface area (Å²) in [6.07, 6.45) is 7.24. The number of aryl methyl sites for hydroxylation is 1. The third-order valence-electron chi connectivity index (χ3n) is 9.01. The predicted octanol–water partition coefficient (Wildman–Crippen LogP) is 3.39. The Bertz CT molecular complexity index is 1550. The number of carbonyl (C=O) groups is 3. The van der Waals surface area contributed by atoms with Gasteiger partial charge in [0.05, 0.1) is 54.2 Å². The molecule has 1 saturated heterocycles. The standard InChI is InChI=1S/C35H49N7O6S/c1-23-31(49-22-37-23)25-12-10-24(11-13-25)17-36-33(45)29-16-27(43)19-42(29)34(46)32(35(2,3)4)38-30(44)21-47-15-14-41-18-26(39-40-41)20-48-28-8-6-5-7-9-28/h10-13,18,22,27-29,32,43H,5-9,14-17,19-21H2,1-4H3,(H,36,45)(H,38,44)/t27-,29+,32?/m1/s1. The van der Waals surface area contributed by atoms with E-state index in [1.807, 2.05) is 63.7 Å². The summed E-state index contributed by atoms with van der Waals surface area (Å²) in [7, 11) is 0. The molecule has 2 aromatic heterocycles. The molecule has 3 aromatic rings. The molecule has 3 N–H and O–H groups in total. The van der Waals surface area contributed by atoms with Crippen molar-refractivity contribution in [1.82, 2.24) is 35.5 Å². The minimum Gasteiger partial charge on any atom is -0.391 e. The summed E-state index contributed by atoms with van der Waals surface area (Å²) in [5.41, 5.74) is 4.84. The van der Waals surface area contributed by atoms with Crippen LogP contribution in [0, 0.1) is 12.3 Å². The molecule has 2 fully saturated rings. The Kier molecular flexibility index (Phi) is 12.5. The maximum Gasteiger partial charge on any atom is 0.246 e. The number of ether oxygens (including phenoxy) is 2. The molecule has 2 aliphatic rings. The van der Waals surface area contributed by atoms with Gasteiger partial charge in [0, 0.05) is 19.5 Å². The van der Waals surface area contributed by atoms with Crippen LogP contribution in [0.2, 0.25) is 0 Å². The van der Waals surface area contributed by atoms with Gasteiger partial charge >= 0.3 is 0 Å². The molecule has 14 heteroatoms. The quantitative estimate of drug-likeness (QED) is 0.215. The molecular formula is C35H49N7O6S. The number of aliphatic hydroxyl groups excluding tert-OH is 1. The topological polar surface area (TPSA) is 161 Å². The number of hydrogen-bond acceptors (Lipinski definition) is 10. The Morgan fingerprint density at radius 1 is 1.12 bits per heavy atom. The van der Waals surface area contributed by atoms with E-state index in [0.717, 1.165) is 40.2 Å². The van der Waals surface area contributed by atoms with E-state index in [1.165, 1.54) is 24.2 Å². The molecule has 1 aliphatic carbocycles. The monoisotopic (exact) mass is 695 g/mol. The van der Waals surface area contributed by atoms with Crippen molar-refractivity contribution in [3.63, 3.8) is 0 Å². The van der Waals surface area contributed by atoms with Gasteiger partial charge in [-0.25, -0.2) is 9.67 Å². The summed E-state index contributed by atoms with van der Waals surface area (Å²) in [5.74, 6) is -1.23. The first-order valence-corrected chi connectivity index (χ1v) is 18.0. The van der Waals surface area contributed by atoms with Crippen LogP contribution in [0.4, 0.5) is 0 Å². The van der Waals surface area contributed by atoms with Crippen molar-refractivity contribution >= 4 is 29.1 Å². The Morgan fingerprint density at radius 2 is 1.88 bits per heavy atom. The fourth-order valence-corrected chi connectivity index (χ4v) is 7.07. The number of thiazole rings is 1. The number of aromatic nitrogens is 4. The Labute approximate surface area is 291 Å². The van der Waals surface area contributed by atoms with E-state index in [-0.39, 0.29) is 44.7 Å². The lowest BCUT2D eigenvalue weighted by Gasteiger charge is -2.35. The third kappa shape index (κ3) is 10.2. The van der Waals surface area contributed by atoms with E-state index in [4.69, 9.17) is 9.47 Å².